The number of anilines is 1. The number of halogens is 1. The van der Waals surface area contributed by atoms with Crippen LogP contribution in [0.5, 0.6) is 5.75 Å². The van der Waals surface area contributed by atoms with Gasteiger partial charge in [-0.25, -0.2) is 4.39 Å². The normalized spacial score (nSPS) is 14.1. The molecule has 0 radical (unpaired) electrons. The predicted molar refractivity (Wildman–Crippen MR) is 122 cm³/mol. The molecular formula is C27H20FNO3. The van der Waals surface area contributed by atoms with Crippen molar-refractivity contribution in [2.75, 3.05) is 19.1 Å². The Labute approximate surface area is 185 Å². The van der Waals surface area contributed by atoms with Crippen LogP contribution in [-0.4, -0.2) is 25.8 Å². The van der Waals surface area contributed by atoms with E-state index in [-0.39, 0.29) is 5.57 Å². The maximum absolute atomic E-state index is 13.5. The first-order valence-electron chi connectivity index (χ1n) is 10.0. The van der Waals surface area contributed by atoms with Crippen LogP contribution in [0, 0.1) is 17.7 Å². The number of ketones is 1. The highest BCUT2D eigenvalue weighted by Gasteiger charge is 2.32. The average Bonchev–Trinajstić information content (AvgIpc) is 2.81. The van der Waals surface area contributed by atoms with Crippen molar-refractivity contribution in [1.29, 1.82) is 0 Å². The van der Waals surface area contributed by atoms with E-state index in [4.69, 9.17) is 4.74 Å². The highest BCUT2D eigenvalue weighted by atomic mass is 19.1. The highest BCUT2D eigenvalue weighted by molar-refractivity contribution is 6.36. The van der Waals surface area contributed by atoms with E-state index in [1.165, 1.54) is 29.2 Å². The van der Waals surface area contributed by atoms with E-state index in [0.29, 0.717) is 28.8 Å². The predicted octanol–water partition coefficient (Wildman–Crippen LogP) is 4.67. The number of hydrogen-bond donors (Lipinski definition) is 0. The summed E-state index contributed by atoms with van der Waals surface area (Å²) in [6.07, 6.45) is 1.98. The molecule has 32 heavy (non-hydrogen) atoms. The molecule has 4 rings (SSSR count). The molecule has 0 bridgehead atoms. The van der Waals surface area contributed by atoms with E-state index < -0.39 is 17.5 Å². The number of rotatable bonds is 3. The number of hydrogen-bond acceptors (Lipinski definition) is 3. The second-order valence-corrected chi connectivity index (χ2v) is 7.36. The van der Waals surface area contributed by atoms with Crippen LogP contribution in [0.15, 0.2) is 72.3 Å². The lowest BCUT2D eigenvalue weighted by atomic mass is 9.92. The molecule has 0 aliphatic carbocycles. The molecule has 3 aromatic carbocycles. The summed E-state index contributed by atoms with van der Waals surface area (Å²) in [6.45, 7) is 0. The van der Waals surface area contributed by atoms with Gasteiger partial charge in [0.2, 0.25) is 5.78 Å². The number of Topliss-reactive ketones (excluding diaryl/α,β-unsaturated/α-hetero) is 1. The number of likely N-dealkylation sites (N-methyl/N-ethyl adjacent to an activating group) is 1. The summed E-state index contributed by atoms with van der Waals surface area (Å²) >= 11 is 0. The van der Waals surface area contributed by atoms with Crippen molar-refractivity contribution in [3.8, 4) is 17.6 Å². The number of fused-ring (bicyclic) bond motifs is 1. The summed E-state index contributed by atoms with van der Waals surface area (Å²) in [7, 11) is 3.23. The average molecular weight is 425 g/mol. The van der Waals surface area contributed by atoms with Crippen molar-refractivity contribution in [2.45, 2.75) is 6.42 Å². The van der Waals surface area contributed by atoms with E-state index in [1.54, 1.807) is 38.4 Å². The first-order valence-corrected chi connectivity index (χ1v) is 10.0. The Morgan fingerprint density at radius 2 is 1.81 bits per heavy atom. The van der Waals surface area contributed by atoms with Crippen molar-refractivity contribution in [3.05, 3.63) is 100 Å². The monoisotopic (exact) mass is 425 g/mol. The zero-order valence-corrected chi connectivity index (χ0v) is 17.7. The Kier molecular flexibility index (Phi) is 5.87. The lowest BCUT2D eigenvalue weighted by Gasteiger charge is -2.26. The Morgan fingerprint density at radius 3 is 2.53 bits per heavy atom. The number of benzene rings is 3. The summed E-state index contributed by atoms with van der Waals surface area (Å²) in [4.78, 5) is 27.3. The zero-order chi connectivity index (χ0) is 22.7. The lowest BCUT2D eigenvalue weighted by Crippen LogP contribution is -2.36. The molecule has 0 unspecified atom stereocenters. The second-order valence-electron chi connectivity index (χ2n) is 7.36. The number of nitrogens with zero attached hydrogens (tertiary/aromatic N) is 1. The van der Waals surface area contributed by atoms with Crippen LogP contribution < -0.4 is 9.64 Å². The molecule has 0 fully saturated rings. The Bertz CT molecular complexity index is 1300. The van der Waals surface area contributed by atoms with Gasteiger partial charge in [-0.05, 0) is 59.7 Å². The van der Waals surface area contributed by atoms with Gasteiger partial charge in [0.05, 0.1) is 18.4 Å². The van der Waals surface area contributed by atoms with Crippen molar-refractivity contribution in [1.82, 2.24) is 0 Å². The van der Waals surface area contributed by atoms with Gasteiger partial charge in [-0.15, -0.1) is 0 Å². The fourth-order valence-electron chi connectivity index (χ4n) is 3.50. The van der Waals surface area contributed by atoms with Gasteiger partial charge >= 0.3 is 0 Å². The first kappa shape index (κ1) is 21.1. The van der Waals surface area contributed by atoms with Crippen LogP contribution >= 0.6 is 0 Å². The van der Waals surface area contributed by atoms with Gasteiger partial charge in [0.1, 0.15) is 11.6 Å². The van der Waals surface area contributed by atoms with Crippen LogP contribution in [0.2, 0.25) is 0 Å². The number of amides is 1. The maximum atomic E-state index is 13.5. The van der Waals surface area contributed by atoms with Crippen molar-refractivity contribution >= 4 is 23.5 Å². The lowest BCUT2D eigenvalue weighted by molar-refractivity contribution is -0.114. The molecule has 158 valence electrons. The van der Waals surface area contributed by atoms with Gasteiger partial charge < -0.3 is 9.64 Å². The van der Waals surface area contributed by atoms with E-state index >= 15 is 0 Å². The smallest absolute Gasteiger partial charge is 0.262 e. The molecule has 1 amide bonds. The van der Waals surface area contributed by atoms with Gasteiger partial charge in [0.15, 0.2) is 0 Å². The van der Waals surface area contributed by atoms with Crippen LogP contribution in [0.25, 0.3) is 6.08 Å². The molecule has 1 heterocycles. The topological polar surface area (TPSA) is 46.6 Å². The largest absolute Gasteiger partial charge is 0.497 e. The van der Waals surface area contributed by atoms with Gasteiger partial charge in [0, 0.05) is 24.6 Å². The Hall–Kier alpha value is -4.17. The molecule has 0 N–H and O–H groups in total. The van der Waals surface area contributed by atoms with Gasteiger partial charge in [0.25, 0.3) is 5.91 Å². The molecule has 0 spiro atoms. The second kappa shape index (κ2) is 8.91. The number of carbonyl (C=O) groups excluding carboxylic acids is 2. The molecule has 5 heteroatoms. The minimum Gasteiger partial charge on any atom is -0.497 e. The molecule has 0 saturated heterocycles. The Morgan fingerprint density at radius 1 is 1.03 bits per heavy atom. The minimum absolute atomic E-state index is 0.00561. The van der Waals surface area contributed by atoms with E-state index in [0.717, 1.165) is 11.3 Å². The third-order valence-electron chi connectivity index (χ3n) is 5.23. The molecular weight excluding hydrogens is 405 g/mol. The molecule has 1 aliphatic heterocycles. The van der Waals surface area contributed by atoms with Crippen molar-refractivity contribution in [3.63, 3.8) is 0 Å². The number of carbonyl (C=O) groups is 2. The van der Waals surface area contributed by atoms with Gasteiger partial charge in [-0.3, -0.25) is 9.59 Å². The third-order valence-corrected chi connectivity index (χ3v) is 5.23. The molecule has 0 atom stereocenters. The quantitative estimate of drug-likeness (QED) is 0.348. The van der Waals surface area contributed by atoms with Crippen LogP contribution in [0.3, 0.4) is 0 Å². The maximum Gasteiger partial charge on any atom is 0.262 e. The van der Waals surface area contributed by atoms with Crippen LogP contribution in [0.4, 0.5) is 10.1 Å². The molecule has 4 nitrogen and oxygen atoms in total. The standard InChI is InChI=1S/C27H20FNO3/c1-29-25-14-11-19(6-3-5-18-9-12-22(32-2)13-10-18)16-23(25)26(30)24(27(29)31)17-20-7-4-8-21(28)15-20/h4,7-17H,5H2,1-2H3/b24-17+. The first-order chi connectivity index (χ1) is 15.5. The summed E-state index contributed by atoms with van der Waals surface area (Å²) < 4.78 is 18.7. The fraction of sp³-hybridized carbons (Fsp3) is 0.111. The summed E-state index contributed by atoms with van der Waals surface area (Å²) in [5, 5.41) is 0. The van der Waals surface area contributed by atoms with Gasteiger partial charge in [-0.2, -0.15) is 0 Å². The number of methoxy groups -OCH3 is 1. The number of ether oxygens (including phenoxy) is 1. The van der Waals surface area contributed by atoms with E-state index in [2.05, 4.69) is 11.8 Å². The zero-order valence-electron chi connectivity index (χ0n) is 17.7. The van der Waals surface area contributed by atoms with Gasteiger partial charge in [-0.1, -0.05) is 36.1 Å². The summed E-state index contributed by atoms with van der Waals surface area (Å²) in [5.74, 6) is 5.73. The highest BCUT2D eigenvalue weighted by Crippen LogP contribution is 2.31. The SMILES string of the molecule is COc1ccc(CC#Cc2ccc3c(c2)C(=O)/C(=C\c2cccc(F)c2)C(=O)N3C)cc1. The molecule has 3 aromatic rings. The fourth-order valence-corrected chi connectivity index (χ4v) is 3.50. The van der Waals surface area contributed by atoms with Crippen molar-refractivity contribution in [2.24, 2.45) is 0 Å². The summed E-state index contributed by atoms with van der Waals surface area (Å²) in [5.41, 5.74) is 3.10. The molecule has 0 aromatic heterocycles. The van der Waals surface area contributed by atoms with Crippen LogP contribution in [-0.2, 0) is 11.2 Å². The minimum atomic E-state index is -0.432. The third kappa shape index (κ3) is 4.30. The summed E-state index contributed by atoms with van der Waals surface area (Å²) in [6, 6.07) is 18.7. The van der Waals surface area contributed by atoms with Crippen molar-refractivity contribution < 1.29 is 18.7 Å². The molecule has 1 aliphatic rings. The molecule has 0 saturated carbocycles. The van der Waals surface area contributed by atoms with E-state index in [9.17, 15) is 14.0 Å². The van der Waals surface area contributed by atoms with Crippen LogP contribution in [0.1, 0.15) is 27.0 Å². The Balaban J connectivity index is 1.62. The van der Waals surface area contributed by atoms with E-state index in [1.807, 2.05) is 24.3 Å².